The molecule has 0 aliphatic carbocycles. The summed E-state index contributed by atoms with van der Waals surface area (Å²) in [5.41, 5.74) is 1.34. The second kappa shape index (κ2) is 5.98. The van der Waals surface area contributed by atoms with Gasteiger partial charge in [-0.05, 0) is 33.8 Å². The molecule has 21 heavy (non-hydrogen) atoms. The van der Waals surface area contributed by atoms with Gasteiger partial charge in [0.1, 0.15) is 4.90 Å². The SMILES string of the molecule is CCn1cc(S(=O)(=O)NC(C)c2ccnn2CC)c(C)n1. The molecule has 0 radical (unpaired) electrons. The highest BCUT2D eigenvalue weighted by Crippen LogP contribution is 2.18. The van der Waals surface area contributed by atoms with Crippen LogP contribution in [0.15, 0.2) is 23.4 Å². The first-order chi connectivity index (χ1) is 9.89. The Bertz CT molecular complexity index is 717. The summed E-state index contributed by atoms with van der Waals surface area (Å²) in [6.45, 7) is 8.71. The molecule has 0 amide bonds. The number of rotatable bonds is 6. The van der Waals surface area contributed by atoms with Crippen LogP contribution in [0.5, 0.6) is 0 Å². The molecular formula is C13H21N5O2S. The van der Waals surface area contributed by atoms with Crippen molar-refractivity contribution in [2.75, 3.05) is 0 Å². The van der Waals surface area contributed by atoms with E-state index in [0.717, 1.165) is 5.69 Å². The highest BCUT2D eigenvalue weighted by Gasteiger charge is 2.24. The maximum atomic E-state index is 12.5. The quantitative estimate of drug-likeness (QED) is 0.876. The van der Waals surface area contributed by atoms with Gasteiger partial charge in [-0.2, -0.15) is 10.2 Å². The number of hydrogen-bond donors (Lipinski definition) is 1. The van der Waals surface area contributed by atoms with Gasteiger partial charge in [0.2, 0.25) is 10.0 Å². The topological polar surface area (TPSA) is 81.8 Å². The van der Waals surface area contributed by atoms with Crippen molar-refractivity contribution in [3.63, 3.8) is 0 Å². The van der Waals surface area contributed by atoms with Crippen molar-refractivity contribution in [1.82, 2.24) is 24.3 Å². The van der Waals surface area contributed by atoms with E-state index < -0.39 is 10.0 Å². The van der Waals surface area contributed by atoms with Crippen LogP contribution < -0.4 is 4.72 Å². The molecule has 1 atom stereocenters. The Kier molecular flexibility index (Phi) is 4.48. The first kappa shape index (κ1) is 15.7. The van der Waals surface area contributed by atoms with Gasteiger partial charge >= 0.3 is 0 Å². The number of nitrogens with zero attached hydrogens (tertiary/aromatic N) is 4. The molecule has 0 aliphatic heterocycles. The smallest absolute Gasteiger partial charge is 0.244 e. The molecule has 0 aromatic carbocycles. The van der Waals surface area contributed by atoms with Crippen LogP contribution in [-0.4, -0.2) is 28.0 Å². The third-order valence-electron chi connectivity index (χ3n) is 3.34. The lowest BCUT2D eigenvalue weighted by Gasteiger charge is -2.15. The van der Waals surface area contributed by atoms with E-state index in [1.165, 1.54) is 0 Å². The number of nitrogens with one attached hydrogen (secondary N) is 1. The van der Waals surface area contributed by atoms with Crippen LogP contribution >= 0.6 is 0 Å². The number of aromatic nitrogens is 4. The summed E-state index contributed by atoms with van der Waals surface area (Å²) in [6, 6.07) is 1.46. The summed E-state index contributed by atoms with van der Waals surface area (Å²) in [5.74, 6) is 0. The predicted octanol–water partition coefficient (Wildman–Crippen LogP) is 1.47. The van der Waals surface area contributed by atoms with E-state index in [1.54, 1.807) is 35.6 Å². The maximum absolute atomic E-state index is 12.5. The van der Waals surface area contributed by atoms with Crippen molar-refractivity contribution in [2.24, 2.45) is 0 Å². The number of aryl methyl sites for hydroxylation is 3. The number of hydrogen-bond acceptors (Lipinski definition) is 4. The minimum Gasteiger partial charge on any atom is -0.271 e. The largest absolute Gasteiger partial charge is 0.271 e. The molecule has 2 heterocycles. The second-order valence-corrected chi connectivity index (χ2v) is 6.53. The summed E-state index contributed by atoms with van der Waals surface area (Å²) in [4.78, 5) is 0.221. The van der Waals surface area contributed by atoms with E-state index in [-0.39, 0.29) is 10.9 Å². The lowest BCUT2D eigenvalue weighted by molar-refractivity contribution is 0.538. The van der Waals surface area contributed by atoms with Crippen molar-refractivity contribution in [3.8, 4) is 0 Å². The Hall–Kier alpha value is -1.67. The van der Waals surface area contributed by atoms with Gasteiger partial charge in [-0.25, -0.2) is 13.1 Å². The van der Waals surface area contributed by atoms with Crippen molar-refractivity contribution in [1.29, 1.82) is 0 Å². The zero-order valence-corrected chi connectivity index (χ0v) is 13.6. The minimum absolute atomic E-state index is 0.221. The van der Waals surface area contributed by atoms with Crippen LogP contribution in [0, 0.1) is 6.92 Å². The average Bonchev–Trinajstić information content (AvgIpc) is 3.03. The Morgan fingerprint density at radius 1 is 1.33 bits per heavy atom. The van der Waals surface area contributed by atoms with Crippen LogP contribution in [0.1, 0.15) is 38.2 Å². The van der Waals surface area contributed by atoms with Gasteiger partial charge in [0.05, 0.1) is 17.4 Å². The van der Waals surface area contributed by atoms with Crippen LogP contribution in [0.25, 0.3) is 0 Å². The molecule has 0 saturated heterocycles. The Morgan fingerprint density at radius 2 is 2.05 bits per heavy atom. The fourth-order valence-electron chi connectivity index (χ4n) is 2.26. The van der Waals surface area contributed by atoms with Gasteiger partial charge in [0.25, 0.3) is 0 Å². The molecule has 2 aromatic heterocycles. The summed E-state index contributed by atoms with van der Waals surface area (Å²) >= 11 is 0. The fraction of sp³-hybridized carbons (Fsp3) is 0.538. The summed E-state index contributed by atoms with van der Waals surface area (Å²) in [7, 11) is -3.60. The Labute approximate surface area is 125 Å². The molecule has 2 aromatic rings. The van der Waals surface area contributed by atoms with E-state index in [2.05, 4.69) is 14.9 Å². The van der Waals surface area contributed by atoms with Crippen molar-refractivity contribution >= 4 is 10.0 Å². The van der Waals surface area contributed by atoms with E-state index in [0.29, 0.717) is 18.8 Å². The summed E-state index contributed by atoms with van der Waals surface area (Å²) in [6.07, 6.45) is 3.23. The highest BCUT2D eigenvalue weighted by atomic mass is 32.2. The van der Waals surface area contributed by atoms with Crippen molar-refractivity contribution < 1.29 is 8.42 Å². The van der Waals surface area contributed by atoms with Crippen molar-refractivity contribution in [3.05, 3.63) is 29.8 Å². The highest BCUT2D eigenvalue weighted by molar-refractivity contribution is 7.89. The van der Waals surface area contributed by atoms with Gasteiger partial charge in [-0.15, -0.1) is 0 Å². The predicted molar refractivity (Wildman–Crippen MR) is 79.3 cm³/mol. The van der Waals surface area contributed by atoms with Crippen LogP contribution in [-0.2, 0) is 23.1 Å². The van der Waals surface area contributed by atoms with E-state index in [4.69, 9.17) is 0 Å². The molecule has 2 rings (SSSR count). The fourth-order valence-corrected chi connectivity index (χ4v) is 3.66. The molecule has 8 heteroatoms. The van der Waals surface area contributed by atoms with Gasteiger partial charge < -0.3 is 0 Å². The Morgan fingerprint density at radius 3 is 2.62 bits per heavy atom. The zero-order chi connectivity index (χ0) is 15.6. The summed E-state index contributed by atoms with van der Waals surface area (Å²) in [5, 5.41) is 8.34. The average molecular weight is 311 g/mol. The molecule has 0 saturated carbocycles. The molecule has 116 valence electrons. The third-order valence-corrected chi connectivity index (χ3v) is 4.98. The lowest BCUT2D eigenvalue weighted by atomic mass is 10.2. The normalized spacial score (nSPS) is 13.5. The number of sulfonamides is 1. The summed E-state index contributed by atoms with van der Waals surface area (Å²) < 4.78 is 31.1. The van der Waals surface area contributed by atoms with E-state index in [9.17, 15) is 8.42 Å². The van der Waals surface area contributed by atoms with Crippen molar-refractivity contribution in [2.45, 2.75) is 51.7 Å². The molecule has 1 unspecified atom stereocenters. The monoisotopic (exact) mass is 311 g/mol. The van der Waals surface area contributed by atoms with Crippen LogP contribution in [0.3, 0.4) is 0 Å². The first-order valence-electron chi connectivity index (χ1n) is 6.97. The standard InChI is InChI=1S/C13H21N5O2S/c1-5-17-9-13(11(4)15-17)21(19,20)16-10(3)12-7-8-14-18(12)6-2/h7-10,16H,5-6H2,1-4H3. The first-order valence-corrected chi connectivity index (χ1v) is 8.45. The molecule has 0 bridgehead atoms. The Balaban J connectivity index is 2.26. The second-order valence-electron chi connectivity index (χ2n) is 4.85. The van der Waals surface area contributed by atoms with Crippen LogP contribution in [0.4, 0.5) is 0 Å². The van der Waals surface area contributed by atoms with E-state index >= 15 is 0 Å². The molecule has 0 spiro atoms. The third kappa shape index (κ3) is 3.16. The van der Waals surface area contributed by atoms with Crippen LogP contribution in [0.2, 0.25) is 0 Å². The van der Waals surface area contributed by atoms with Gasteiger partial charge in [-0.3, -0.25) is 9.36 Å². The van der Waals surface area contributed by atoms with Gasteiger partial charge in [0.15, 0.2) is 0 Å². The lowest BCUT2D eigenvalue weighted by Crippen LogP contribution is -2.28. The van der Waals surface area contributed by atoms with Gasteiger partial charge in [-0.1, -0.05) is 0 Å². The molecule has 1 N–H and O–H groups in total. The molecular weight excluding hydrogens is 290 g/mol. The minimum atomic E-state index is -3.60. The molecule has 7 nitrogen and oxygen atoms in total. The zero-order valence-electron chi connectivity index (χ0n) is 12.7. The van der Waals surface area contributed by atoms with Gasteiger partial charge in [0, 0.05) is 25.5 Å². The molecule has 0 fully saturated rings. The molecule has 0 aliphatic rings. The maximum Gasteiger partial charge on any atom is 0.244 e. The van der Waals surface area contributed by atoms with E-state index in [1.807, 2.05) is 19.9 Å².